The van der Waals surface area contributed by atoms with E-state index in [1.807, 2.05) is 19.2 Å². The molecule has 0 heterocycles. The van der Waals surface area contributed by atoms with E-state index < -0.39 is 0 Å². The van der Waals surface area contributed by atoms with Crippen molar-refractivity contribution in [3.63, 3.8) is 0 Å². The average Bonchev–Trinajstić information content (AvgIpc) is 2.48. The maximum atomic E-state index is 6.52. The predicted molar refractivity (Wildman–Crippen MR) is 88.6 cm³/mol. The van der Waals surface area contributed by atoms with Crippen LogP contribution in [0.1, 0.15) is 40.5 Å². The zero-order valence-electron chi connectivity index (χ0n) is 11.9. The number of hydrogen-bond acceptors (Lipinski definition) is 1. The fourth-order valence-corrected chi connectivity index (χ4v) is 4.97. The molecule has 1 unspecified atom stereocenters. The summed E-state index contributed by atoms with van der Waals surface area (Å²) in [5, 5.41) is 5.12. The summed E-state index contributed by atoms with van der Waals surface area (Å²) in [4.78, 5) is 0. The highest BCUT2D eigenvalue weighted by Gasteiger charge is 2.44. The minimum atomic E-state index is 0.334. The van der Waals surface area contributed by atoms with Crippen LogP contribution >= 0.6 is 23.2 Å². The Labute approximate surface area is 135 Å². The lowest BCUT2D eigenvalue weighted by molar-refractivity contribution is 0.348. The van der Waals surface area contributed by atoms with Gasteiger partial charge in [-0.15, -0.1) is 0 Å². The van der Waals surface area contributed by atoms with Gasteiger partial charge in [-0.25, -0.2) is 0 Å². The largest absolute Gasteiger partial charge is 0.319 e. The van der Waals surface area contributed by atoms with Gasteiger partial charge in [0.05, 0.1) is 0 Å². The molecule has 0 amide bonds. The standard InChI is InChI=1S/C18H17Cl2N/c1-21-9-10-8-13-17-11(4-2-6-14(17)19)16(10)12-5-3-7-15(20)18(12)13/h2-7,10,13,16,21H,8-9H2,1H3. The second-order valence-corrected chi connectivity index (χ2v) is 6.88. The predicted octanol–water partition coefficient (Wildman–Crippen LogP) is 4.81. The first kappa shape index (κ1) is 13.6. The summed E-state index contributed by atoms with van der Waals surface area (Å²) in [6.07, 6.45) is 1.12. The van der Waals surface area contributed by atoms with Crippen LogP contribution in [0.4, 0.5) is 0 Å². The molecule has 0 aromatic heterocycles. The SMILES string of the molecule is CNCC1CC2c3c(Cl)cccc3C1c1cccc(Cl)c12. The maximum absolute atomic E-state index is 6.52. The van der Waals surface area contributed by atoms with E-state index in [-0.39, 0.29) is 0 Å². The van der Waals surface area contributed by atoms with Gasteiger partial charge in [0.25, 0.3) is 0 Å². The number of rotatable bonds is 2. The molecule has 1 atom stereocenters. The van der Waals surface area contributed by atoms with Crippen LogP contribution in [0.15, 0.2) is 36.4 Å². The van der Waals surface area contributed by atoms with Gasteiger partial charge in [0.2, 0.25) is 0 Å². The Morgan fingerprint density at radius 3 is 2.10 bits per heavy atom. The van der Waals surface area contributed by atoms with E-state index in [4.69, 9.17) is 23.2 Å². The van der Waals surface area contributed by atoms with Crippen LogP contribution in [0, 0.1) is 5.92 Å². The van der Waals surface area contributed by atoms with Crippen LogP contribution in [0.2, 0.25) is 10.0 Å². The molecule has 0 fully saturated rings. The van der Waals surface area contributed by atoms with Crippen molar-refractivity contribution in [2.75, 3.05) is 13.6 Å². The molecule has 2 aromatic carbocycles. The summed E-state index contributed by atoms with van der Waals surface area (Å²) < 4.78 is 0. The van der Waals surface area contributed by atoms with E-state index in [1.54, 1.807) is 0 Å². The van der Waals surface area contributed by atoms with Crippen LogP contribution in [0.3, 0.4) is 0 Å². The van der Waals surface area contributed by atoms with E-state index in [0.29, 0.717) is 17.8 Å². The van der Waals surface area contributed by atoms with Gasteiger partial charge in [0.15, 0.2) is 0 Å². The van der Waals surface area contributed by atoms with Crippen LogP contribution in [-0.2, 0) is 0 Å². The summed E-state index contributed by atoms with van der Waals surface area (Å²) >= 11 is 13.0. The highest BCUT2D eigenvalue weighted by atomic mass is 35.5. The Morgan fingerprint density at radius 1 is 1.00 bits per heavy atom. The molecule has 3 heteroatoms. The first-order valence-electron chi connectivity index (χ1n) is 7.43. The molecule has 0 saturated heterocycles. The molecule has 0 radical (unpaired) electrons. The number of hydrogen-bond donors (Lipinski definition) is 1. The van der Waals surface area contributed by atoms with E-state index in [9.17, 15) is 0 Å². The zero-order chi connectivity index (χ0) is 14.6. The molecule has 21 heavy (non-hydrogen) atoms. The van der Waals surface area contributed by atoms with Crippen molar-refractivity contribution in [2.24, 2.45) is 5.92 Å². The van der Waals surface area contributed by atoms with E-state index in [1.165, 1.54) is 22.3 Å². The molecule has 1 nitrogen and oxygen atoms in total. The van der Waals surface area contributed by atoms with Gasteiger partial charge in [-0.3, -0.25) is 0 Å². The van der Waals surface area contributed by atoms with Gasteiger partial charge in [-0.05, 0) is 60.3 Å². The zero-order valence-corrected chi connectivity index (χ0v) is 13.4. The first-order valence-corrected chi connectivity index (χ1v) is 8.19. The average molecular weight is 318 g/mol. The molecule has 3 aliphatic rings. The van der Waals surface area contributed by atoms with Gasteiger partial charge in [-0.2, -0.15) is 0 Å². The third-order valence-corrected chi connectivity index (χ3v) is 5.68. The highest BCUT2D eigenvalue weighted by molar-refractivity contribution is 6.32. The minimum absolute atomic E-state index is 0.334. The molecular formula is C18H17Cl2N. The fourth-order valence-electron chi connectivity index (χ4n) is 4.34. The van der Waals surface area contributed by atoms with Gasteiger partial charge < -0.3 is 5.32 Å². The molecule has 2 aromatic rings. The summed E-state index contributed by atoms with van der Waals surface area (Å²) in [6.45, 7) is 1.03. The van der Waals surface area contributed by atoms with Crippen molar-refractivity contribution in [1.82, 2.24) is 5.32 Å². The van der Waals surface area contributed by atoms with Crippen molar-refractivity contribution < 1.29 is 0 Å². The van der Waals surface area contributed by atoms with E-state index in [2.05, 4.69) is 29.6 Å². The number of halogens is 2. The van der Waals surface area contributed by atoms with Crippen LogP contribution < -0.4 is 5.32 Å². The third kappa shape index (κ3) is 1.88. The minimum Gasteiger partial charge on any atom is -0.319 e. The molecule has 0 saturated carbocycles. The molecule has 1 N–H and O–H groups in total. The van der Waals surface area contributed by atoms with Crippen molar-refractivity contribution in [3.8, 4) is 0 Å². The lowest BCUT2D eigenvalue weighted by atomic mass is 9.59. The van der Waals surface area contributed by atoms with Gasteiger partial charge in [0.1, 0.15) is 0 Å². The van der Waals surface area contributed by atoms with Crippen molar-refractivity contribution in [1.29, 1.82) is 0 Å². The Bertz CT molecular complexity index is 657. The van der Waals surface area contributed by atoms with Crippen molar-refractivity contribution in [2.45, 2.75) is 18.3 Å². The molecule has 0 aliphatic heterocycles. The van der Waals surface area contributed by atoms with Gasteiger partial charge >= 0.3 is 0 Å². The van der Waals surface area contributed by atoms with E-state index >= 15 is 0 Å². The Hall–Kier alpha value is -1.02. The van der Waals surface area contributed by atoms with E-state index in [0.717, 1.165) is 23.0 Å². The lowest BCUT2D eigenvalue weighted by Gasteiger charge is -2.46. The summed E-state index contributed by atoms with van der Waals surface area (Å²) in [7, 11) is 2.03. The number of benzene rings is 2. The first-order chi connectivity index (χ1) is 10.2. The second kappa shape index (κ2) is 5.01. The monoisotopic (exact) mass is 317 g/mol. The summed E-state index contributed by atoms with van der Waals surface area (Å²) in [5.74, 6) is 1.35. The summed E-state index contributed by atoms with van der Waals surface area (Å²) in [6, 6.07) is 12.6. The molecule has 0 spiro atoms. The van der Waals surface area contributed by atoms with Crippen LogP contribution in [-0.4, -0.2) is 13.6 Å². The van der Waals surface area contributed by atoms with Crippen LogP contribution in [0.25, 0.3) is 0 Å². The Balaban J connectivity index is 1.98. The van der Waals surface area contributed by atoms with Gasteiger partial charge in [0, 0.05) is 21.9 Å². The maximum Gasteiger partial charge on any atom is 0.0447 e. The van der Waals surface area contributed by atoms with Crippen LogP contribution in [0.5, 0.6) is 0 Å². The Morgan fingerprint density at radius 2 is 1.57 bits per heavy atom. The topological polar surface area (TPSA) is 12.0 Å². The van der Waals surface area contributed by atoms with Gasteiger partial charge in [-0.1, -0.05) is 47.5 Å². The van der Waals surface area contributed by atoms with Crippen molar-refractivity contribution >= 4 is 23.2 Å². The number of fused-ring (bicyclic) bond motifs is 1. The normalized spacial score (nSPS) is 25.6. The molecule has 108 valence electrons. The quantitative estimate of drug-likeness (QED) is 0.838. The molecule has 2 bridgehead atoms. The molecule has 3 aliphatic carbocycles. The summed E-state index contributed by atoms with van der Waals surface area (Å²) in [5.41, 5.74) is 5.40. The molecular weight excluding hydrogens is 301 g/mol. The number of nitrogens with one attached hydrogen (secondary N) is 1. The lowest BCUT2D eigenvalue weighted by Crippen LogP contribution is -2.37. The Kier molecular flexibility index (Phi) is 3.25. The smallest absolute Gasteiger partial charge is 0.0447 e. The third-order valence-electron chi connectivity index (χ3n) is 5.02. The van der Waals surface area contributed by atoms with Crippen molar-refractivity contribution in [3.05, 3.63) is 68.7 Å². The fraction of sp³-hybridized carbons (Fsp3) is 0.333. The second-order valence-electron chi connectivity index (χ2n) is 6.07. The molecule has 5 rings (SSSR count). The highest BCUT2D eigenvalue weighted by Crippen LogP contribution is 2.58.